The smallest absolute Gasteiger partial charge is 0.0408 e. The van der Waals surface area contributed by atoms with Crippen molar-refractivity contribution < 1.29 is 0 Å². The summed E-state index contributed by atoms with van der Waals surface area (Å²) in [6.45, 7) is 0.832. The summed E-state index contributed by atoms with van der Waals surface area (Å²) in [6.07, 6.45) is 5.56. The molecule has 17 heavy (non-hydrogen) atoms. The Morgan fingerprint density at radius 3 is 2.47 bits per heavy atom. The number of halogens is 1. The largest absolute Gasteiger partial charge is 0.330 e. The van der Waals surface area contributed by atoms with Crippen molar-refractivity contribution in [2.75, 3.05) is 6.54 Å². The summed E-state index contributed by atoms with van der Waals surface area (Å²) in [5, 5.41) is 0.861. The molecule has 3 fully saturated rings. The lowest BCUT2D eigenvalue weighted by molar-refractivity contribution is 0.0731. The van der Waals surface area contributed by atoms with Crippen LogP contribution in [0.25, 0.3) is 0 Å². The van der Waals surface area contributed by atoms with Crippen molar-refractivity contribution in [3.05, 3.63) is 34.9 Å². The molecule has 3 saturated carbocycles. The maximum atomic E-state index is 6.13. The van der Waals surface area contributed by atoms with Crippen LogP contribution in [0.5, 0.6) is 0 Å². The van der Waals surface area contributed by atoms with Gasteiger partial charge in [0.1, 0.15) is 0 Å². The van der Waals surface area contributed by atoms with Crippen molar-refractivity contribution in [1.82, 2.24) is 0 Å². The minimum atomic E-state index is 0.659. The van der Waals surface area contributed by atoms with Gasteiger partial charge in [-0.25, -0.2) is 0 Å². The van der Waals surface area contributed by atoms with Crippen molar-refractivity contribution in [3.63, 3.8) is 0 Å². The first-order chi connectivity index (χ1) is 8.29. The van der Waals surface area contributed by atoms with Gasteiger partial charge in [-0.2, -0.15) is 0 Å². The maximum absolute atomic E-state index is 6.13. The van der Waals surface area contributed by atoms with E-state index in [9.17, 15) is 0 Å². The third-order valence-electron chi connectivity index (χ3n) is 4.90. The van der Waals surface area contributed by atoms with E-state index in [1.807, 2.05) is 6.07 Å². The molecule has 2 bridgehead atoms. The van der Waals surface area contributed by atoms with Crippen LogP contribution in [-0.4, -0.2) is 6.54 Å². The number of rotatable bonds is 2. The zero-order valence-electron chi connectivity index (χ0n) is 10.1. The van der Waals surface area contributed by atoms with E-state index in [0.717, 1.165) is 23.4 Å². The van der Waals surface area contributed by atoms with Crippen LogP contribution in [0.3, 0.4) is 0 Å². The van der Waals surface area contributed by atoms with Gasteiger partial charge in [0.2, 0.25) is 0 Å². The predicted molar refractivity (Wildman–Crippen MR) is 72.2 cm³/mol. The Hall–Kier alpha value is -0.530. The molecule has 2 atom stereocenters. The molecule has 0 aliphatic heterocycles. The van der Waals surface area contributed by atoms with Crippen LogP contribution in [0.4, 0.5) is 0 Å². The lowest BCUT2D eigenvalue weighted by atomic mass is 9.57. The number of hydrogen-bond donors (Lipinski definition) is 1. The zero-order valence-corrected chi connectivity index (χ0v) is 10.9. The highest BCUT2D eigenvalue weighted by molar-refractivity contribution is 6.30. The monoisotopic (exact) mass is 249 g/mol. The molecule has 0 unspecified atom stereocenters. The van der Waals surface area contributed by atoms with Crippen molar-refractivity contribution in [2.45, 2.75) is 31.6 Å². The van der Waals surface area contributed by atoms with Gasteiger partial charge >= 0.3 is 0 Å². The van der Waals surface area contributed by atoms with Crippen LogP contribution < -0.4 is 5.73 Å². The second-order valence-corrected chi connectivity index (χ2v) is 6.09. The molecule has 0 heterocycles. The van der Waals surface area contributed by atoms with Crippen LogP contribution in [0.2, 0.25) is 5.02 Å². The van der Waals surface area contributed by atoms with Crippen molar-refractivity contribution in [2.24, 2.45) is 23.5 Å². The standard InChI is InChI=1S/C15H20ClN/c16-13-3-1-2-12(8-13)15-11-6-4-10(5-7-11)14(15)9-17/h1-3,8,10-11,14-15H,4-7,9,17H2/t10?,11?,14-,15+/m0/s1. The number of fused-ring (bicyclic) bond motifs is 3. The van der Waals surface area contributed by atoms with Gasteiger partial charge < -0.3 is 5.73 Å². The van der Waals surface area contributed by atoms with Crippen LogP contribution in [0.1, 0.15) is 37.2 Å². The van der Waals surface area contributed by atoms with E-state index in [4.69, 9.17) is 17.3 Å². The van der Waals surface area contributed by atoms with E-state index in [1.54, 1.807) is 0 Å². The maximum Gasteiger partial charge on any atom is 0.0408 e. The molecular weight excluding hydrogens is 230 g/mol. The van der Waals surface area contributed by atoms with Gasteiger partial charge in [-0.05, 0) is 73.6 Å². The average molecular weight is 250 g/mol. The Bertz CT molecular complexity index is 396. The SMILES string of the molecule is NC[C@H]1C2CCC(CC2)[C@@H]1c1cccc(Cl)c1. The highest BCUT2D eigenvalue weighted by atomic mass is 35.5. The lowest BCUT2D eigenvalue weighted by Crippen LogP contribution is -2.42. The van der Waals surface area contributed by atoms with E-state index in [2.05, 4.69) is 18.2 Å². The first-order valence-electron chi connectivity index (χ1n) is 6.75. The van der Waals surface area contributed by atoms with Crippen molar-refractivity contribution in [3.8, 4) is 0 Å². The van der Waals surface area contributed by atoms with E-state index < -0.39 is 0 Å². The number of hydrogen-bond acceptors (Lipinski definition) is 1. The summed E-state index contributed by atoms with van der Waals surface area (Å²) < 4.78 is 0. The summed E-state index contributed by atoms with van der Waals surface area (Å²) in [5.74, 6) is 3.04. The average Bonchev–Trinajstić information content (AvgIpc) is 2.39. The minimum absolute atomic E-state index is 0.659. The molecule has 2 heteroatoms. The molecule has 0 aromatic heterocycles. The molecule has 3 aliphatic rings. The molecule has 92 valence electrons. The normalized spacial score (nSPS) is 36.1. The topological polar surface area (TPSA) is 26.0 Å². The second kappa shape index (κ2) is 4.62. The molecule has 3 aliphatic carbocycles. The summed E-state index contributed by atoms with van der Waals surface area (Å²) >= 11 is 6.13. The molecule has 0 saturated heterocycles. The van der Waals surface area contributed by atoms with E-state index in [1.165, 1.54) is 31.2 Å². The van der Waals surface area contributed by atoms with E-state index in [0.29, 0.717) is 11.8 Å². The fourth-order valence-electron chi connectivity index (χ4n) is 4.15. The van der Waals surface area contributed by atoms with Gasteiger partial charge in [0.15, 0.2) is 0 Å². The van der Waals surface area contributed by atoms with Gasteiger partial charge in [0.05, 0.1) is 0 Å². The van der Waals surface area contributed by atoms with Gasteiger partial charge in [-0.15, -0.1) is 0 Å². The quantitative estimate of drug-likeness (QED) is 0.847. The van der Waals surface area contributed by atoms with Crippen LogP contribution >= 0.6 is 11.6 Å². The fourth-order valence-corrected chi connectivity index (χ4v) is 4.35. The second-order valence-electron chi connectivity index (χ2n) is 5.66. The molecule has 2 N–H and O–H groups in total. The Kier molecular flexibility index (Phi) is 3.14. The van der Waals surface area contributed by atoms with Gasteiger partial charge in [0.25, 0.3) is 0 Å². The molecule has 0 spiro atoms. The number of nitrogens with two attached hydrogens (primary N) is 1. The number of benzene rings is 1. The van der Waals surface area contributed by atoms with Gasteiger partial charge in [0, 0.05) is 5.02 Å². The van der Waals surface area contributed by atoms with E-state index in [-0.39, 0.29) is 0 Å². The van der Waals surface area contributed by atoms with Crippen LogP contribution in [0, 0.1) is 17.8 Å². The predicted octanol–water partition coefficient (Wildman–Crippen LogP) is 3.82. The summed E-state index contributed by atoms with van der Waals surface area (Å²) in [4.78, 5) is 0. The van der Waals surface area contributed by atoms with Gasteiger partial charge in [-0.1, -0.05) is 23.7 Å². The fraction of sp³-hybridized carbons (Fsp3) is 0.600. The first kappa shape index (κ1) is 11.6. The summed E-state index contributed by atoms with van der Waals surface area (Å²) in [7, 11) is 0. The first-order valence-corrected chi connectivity index (χ1v) is 7.13. The lowest BCUT2D eigenvalue weighted by Gasteiger charge is -2.48. The minimum Gasteiger partial charge on any atom is -0.330 e. The molecule has 1 aromatic carbocycles. The summed E-state index contributed by atoms with van der Waals surface area (Å²) in [6, 6.07) is 8.42. The Balaban J connectivity index is 1.95. The molecule has 0 radical (unpaired) electrons. The third-order valence-corrected chi connectivity index (χ3v) is 5.13. The summed E-state index contributed by atoms with van der Waals surface area (Å²) in [5.41, 5.74) is 7.44. The van der Waals surface area contributed by atoms with Crippen LogP contribution in [0.15, 0.2) is 24.3 Å². The Morgan fingerprint density at radius 2 is 1.82 bits per heavy atom. The molecule has 1 nitrogen and oxygen atoms in total. The van der Waals surface area contributed by atoms with Crippen molar-refractivity contribution >= 4 is 11.6 Å². The van der Waals surface area contributed by atoms with Gasteiger partial charge in [-0.3, -0.25) is 0 Å². The Morgan fingerprint density at radius 1 is 1.12 bits per heavy atom. The van der Waals surface area contributed by atoms with Crippen LogP contribution in [-0.2, 0) is 0 Å². The molecule has 1 aromatic rings. The van der Waals surface area contributed by atoms with E-state index >= 15 is 0 Å². The third kappa shape index (κ3) is 2.00. The molecule has 0 amide bonds. The molecular formula is C15H20ClN. The molecule has 4 rings (SSSR count). The zero-order chi connectivity index (χ0) is 11.8. The highest BCUT2D eigenvalue weighted by Gasteiger charge is 2.43. The Labute approximate surface area is 108 Å². The van der Waals surface area contributed by atoms with Crippen molar-refractivity contribution in [1.29, 1.82) is 0 Å². The highest BCUT2D eigenvalue weighted by Crippen LogP contribution is 2.53.